The highest BCUT2D eigenvalue weighted by Gasteiger charge is 2.31. The molecule has 6 nitrogen and oxygen atoms in total. The fourth-order valence-corrected chi connectivity index (χ4v) is 4.58. The molecular weight excluding hydrogens is 346 g/mol. The second kappa shape index (κ2) is 6.81. The summed E-state index contributed by atoms with van der Waals surface area (Å²) in [6.45, 7) is 5.36. The van der Waals surface area contributed by atoms with Crippen LogP contribution in [0.4, 0.5) is 5.82 Å². The summed E-state index contributed by atoms with van der Waals surface area (Å²) in [6, 6.07) is 3.76. The van der Waals surface area contributed by atoms with Crippen molar-refractivity contribution < 1.29 is 4.55 Å². The maximum absolute atomic E-state index is 12.0. The van der Waals surface area contributed by atoms with Crippen molar-refractivity contribution in [2.75, 3.05) is 23.7 Å². The van der Waals surface area contributed by atoms with Gasteiger partial charge in [0.25, 0.3) is 0 Å². The molecule has 1 aliphatic heterocycles. The Morgan fingerprint density at radius 1 is 1.62 bits per heavy atom. The molecule has 8 heteroatoms. The largest absolute Gasteiger partial charge is 0.616 e. The van der Waals surface area contributed by atoms with Crippen molar-refractivity contribution >= 4 is 34.1 Å². The van der Waals surface area contributed by atoms with E-state index in [9.17, 15) is 9.81 Å². The van der Waals surface area contributed by atoms with Crippen molar-refractivity contribution in [1.29, 1.82) is 5.26 Å². The third-order valence-corrected chi connectivity index (χ3v) is 6.42. The molecule has 3 atom stereocenters. The van der Waals surface area contributed by atoms with Crippen LogP contribution in [0.2, 0.25) is 5.02 Å². The minimum atomic E-state index is -0.809. The molecule has 128 valence electrons. The lowest BCUT2D eigenvalue weighted by Crippen LogP contribution is -2.46. The predicted octanol–water partition coefficient (Wildman–Crippen LogP) is 2.23. The Hall–Kier alpha value is -1.46. The van der Waals surface area contributed by atoms with Gasteiger partial charge in [-0.2, -0.15) is 5.26 Å². The molecule has 0 aliphatic carbocycles. The predicted molar refractivity (Wildman–Crippen MR) is 96.8 cm³/mol. The molecule has 3 heterocycles. The first kappa shape index (κ1) is 17.4. The van der Waals surface area contributed by atoms with Gasteiger partial charge in [-0.3, -0.25) is 4.40 Å². The van der Waals surface area contributed by atoms with E-state index in [0.717, 1.165) is 17.8 Å². The van der Waals surface area contributed by atoms with Gasteiger partial charge in [0.05, 0.1) is 18.1 Å². The van der Waals surface area contributed by atoms with Crippen LogP contribution in [0.15, 0.2) is 12.4 Å². The first-order valence-electron chi connectivity index (χ1n) is 7.95. The van der Waals surface area contributed by atoms with Crippen molar-refractivity contribution in [3.63, 3.8) is 0 Å². The van der Waals surface area contributed by atoms with Gasteiger partial charge >= 0.3 is 0 Å². The summed E-state index contributed by atoms with van der Waals surface area (Å²) in [5, 5.41) is 9.84. The molecule has 1 aliphatic rings. The van der Waals surface area contributed by atoms with Gasteiger partial charge in [0.15, 0.2) is 5.69 Å². The number of nitrogens with two attached hydrogens (primary N) is 1. The number of hydrogen-bond donors (Lipinski definition) is 1. The van der Waals surface area contributed by atoms with Crippen LogP contribution in [0.1, 0.15) is 37.6 Å². The van der Waals surface area contributed by atoms with Gasteiger partial charge in [0, 0.05) is 11.6 Å². The van der Waals surface area contributed by atoms with Crippen LogP contribution >= 0.6 is 11.6 Å². The maximum atomic E-state index is 12.0. The van der Waals surface area contributed by atoms with Crippen molar-refractivity contribution in [1.82, 2.24) is 9.38 Å². The van der Waals surface area contributed by atoms with E-state index in [1.165, 1.54) is 0 Å². The zero-order valence-electron chi connectivity index (χ0n) is 13.7. The van der Waals surface area contributed by atoms with Crippen LogP contribution in [0.25, 0.3) is 5.52 Å². The number of fused-ring (bicyclic) bond motifs is 1. The first-order valence-corrected chi connectivity index (χ1v) is 9.71. The SMILES string of the molecule is CCC(N)c1cc(Cl)c2c(C#N)ncn2c1N1CC[S+]([O-])C(C)C1. The van der Waals surface area contributed by atoms with Crippen LogP contribution in [0, 0.1) is 11.3 Å². The van der Waals surface area contributed by atoms with Crippen LogP contribution in [-0.4, -0.2) is 38.0 Å². The summed E-state index contributed by atoms with van der Waals surface area (Å²) in [6.07, 6.45) is 2.39. The molecule has 24 heavy (non-hydrogen) atoms. The molecule has 0 saturated carbocycles. The smallest absolute Gasteiger partial charge is 0.167 e. The normalized spacial score (nSPS) is 22.6. The number of hydrogen-bond acceptors (Lipinski definition) is 5. The number of imidazole rings is 1. The topological polar surface area (TPSA) is 93.4 Å². The number of aromatic nitrogens is 2. The Bertz CT molecular complexity index is 802. The Balaban J connectivity index is 2.21. The van der Waals surface area contributed by atoms with E-state index in [-0.39, 0.29) is 11.3 Å². The molecule has 0 bridgehead atoms. The molecule has 0 aromatic carbocycles. The quantitative estimate of drug-likeness (QED) is 0.842. The number of pyridine rings is 1. The summed E-state index contributed by atoms with van der Waals surface area (Å²) in [7, 11) is 0. The second-order valence-corrected chi connectivity index (χ2v) is 8.43. The van der Waals surface area contributed by atoms with Gasteiger partial charge in [-0.15, -0.1) is 0 Å². The van der Waals surface area contributed by atoms with Gasteiger partial charge in [0.2, 0.25) is 0 Å². The van der Waals surface area contributed by atoms with Crippen molar-refractivity contribution in [2.45, 2.75) is 31.6 Å². The standard InChI is InChI=1S/C16H20ClN5OS/c1-3-13(19)11-6-12(17)15-14(7-18)20-9-22(15)16(11)21-4-5-24(23)10(2)8-21/h6,9-10,13H,3-5,8,19H2,1-2H3. The Kier molecular flexibility index (Phi) is 4.92. The van der Waals surface area contributed by atoms with Crippen molar-refractivity contribution in [3.8, 4) is 6.07 Å². The molecule has 0 radical (unpaired) electrons. The number of halogens is 1. The maximum Gasteiger partial charge on any atom is 0.167 e. The second-order valence-electron chi connectivity index (χ2n) is 6.05. The summed E-state index contributed by atoms with van der Waals surface area (Å²) in [4.78, 5) is 6.36. The lowest BCUT2D eigenvalue weighted by Gasteiger charge is -2.36. The minimum absolute atomic E-state index is 0.0779. The lowest BCUT2D eigenvalue weighted by atomic mass is 10.0. The fourth-order valence-electron chi connectivity index (χ4n) is 3.13. The van der Waals surface area contributed by atoms with Crippen LogP contribution in [-0.2, 0) is 11.2 Å². The summed E-state index contributed by atoms with van der Waals surface area (Å²) < 4.78 is 13.8. The van der Waals surface area contributed by atoms with Gasteiger partial charge in [-0.1, -0.05) is 18.5 Å². The number of nitrogens with zero attached hydrogens (tertiary/aromatic N) is 4. The van der Waals surface area contributed by atoms with Crippen LogP contribution in [0.5, 0.6) is 0 Å². The van der Waals surface area contributed by atoms with Gasteiger partial charge in [-0.05, 0) is 30.6 Å². The van der Waals surface area contributed by atoms with E-state index in [4.69, 9.17) is 17.3 Å². The van der Waals surface area contributed by atoms with Gasteiger partial charge in [-0.25, -0.2) is 4.98 Å². The molecule has 2 aromatic rings. The van der Waals surface area contributed by atoms with Crippen LogP contribution < -0.4 is 10.6 Å². The van der Waals surface area contributed by atoms with Crippen LogP contribution in [0.3, 0.4) is 0 Å². The minimum Gasteiger partial charge on any atom is -0.616 e. The summed E-state index contributed by atoms with van der Waals surface area (Å²) >= 11 is 5.61. The van der Waals surface area contributed by atoms with E-state index >= 15 is 0 Å². The third-order valence-electron chi connectivity index (χ3n) is 4.50. The zero-order chi connectivity index (χ0) is 17.4. The fraction of sp³-hybridized carbons (Fsp3) is 0.500. The number of nitriles is 1. The van der Waals surface area contributed by atoms with E-state index < -0.39 is 11.2 Å². The molecule has 1 fully saturated rings. The number of anilines is 1. The Morgan fingerprint density at radius 2 is 2.38 bits per heavy atom. The van der Waals surface area contributed by atoms with Gasteiger partial charge in [0.1, 0.15) is 34.7 Å². The number of rotatable bonds is 3. The highest BCUT2D eigenvalue weighted by Crippen LogP contribution is 2.35. The van der Waals surface area contributed by atoms with E-state index in [1.807, 2.05) is 24.3 Å². The highest BCUT2D eigenvalue weighted by atomic mass is 35.5. The zero-order valence-corrected chi connectivity index (χ0v) is 15.3. The molecule has 0 amide bonds. The Morgan fingerprint density at radius 3 is 3.00 bits per heavy atom. The highest BCUT2D eigenvalue weighted by molar-refractivity contribution is 7.92. The van der Waals surface area contributed by atoms with Crippen molar-refractivity contribution in [2.24, 2.45) is 5.73 Å². The van der Waals surface area contributed by atoms with E-state index in [1.54, 1.807) is 6.33 Å². The first-order chi connectivity index (χ1) is 11.5. The average molecular weight is 366 g/mol. The summed E-state index contributed by atoms with van der Waals surface area (Å²) in [5.41, 5.74) is 8.14. The third kappa shape index (κ3) is 2.84. The molecule has 2 N–H and O–H groups in total. The molecule has 2 aromatic heterocycles. The molecule has 3 rings (SSSR count). The Labute approximate surface area is 149 Å². The molecule has 0 spiro atoms. The summed E-state index contributed by atoms with van der Waals surface area (Å²) in [5.74, 6) is 1.52. The van der Waals surface area contributed by atoms with E-state index in [2.05, 4.69) is 16.0 Å². The molecule has 1 saturated heterocycles. The average Bonchev–Trinajstić information content (AvgIpc) is 3.01. The van der Waals surface area contributed by atoms with E-state index in [0.29, 0.717) is 35.1 Å². The molecule has 3 unspecified atom stereocenters. The lowest BCUT2D eigenvalue weighted by molar-refractivity contribution is 0.566. The van der Waals surface area contributed by atoms with Crippen molar-refractivity contribution in [3.05, 3.63) is 28.7 Å². The molecular formula is C16H20ClN5OS. The monoisotopic (exact) mass is 365 g/mol. The van der Waals surface area contributed by atoms with Gasteiger partial charge < -0.3 is 15.2 Å².